The third-order valence-electron chi connectivity index (χ3n) is 2.68. The Balaban J connectivity index is 1.63. The van der Waals surface area contributed by atoms with Crippen molar-refractivity contribution in [2.45, 2.75) is 24.8 Å². The molecule has 0 aliphatic heterocycles. The minimum Gasteiger partial charge on any atom is -0.324 e. The molecule has 14 heavy (non-hydrogen) atoms. The highest BCUT2D eigenvalue weighted by Gasteiger charge is 2.37. The van der Waals surface area contributed by atoms with E-state index in [2.05, 4.69) is 16.4 Å². The van der Waals surface area contributed by atoms with E-state index in [4.69, 9.17) is 5.73 Å². The lowest BCUT2D eigenvalue weighted by Gasteiger charge is -2.09. The molecule has 0 atom stereocenters. The molecule has 1 aromatic heterocycles. The van der Waals surface area contributed by atoms with E-state index in [0.717, 1.165) is 19.5 Å². The number of aromatic nitrogens is 1. The first kappa shape index (κ1) is 9.62. The van der Waals surface area contributed by atoms with Gasteiger partial charge in [0.25, 0.3) is 0 Å². The van der Waals surface area contributed by atoms with Gasteiger partial charge in [-0.3, -0.25) is 4.98 Å². The molecule has 3 nitrogen and oxygen atoms in total. The van der Waals surface area contributed by atoms with Crippen molar-refractivity contribution in [2.24, 2.45) is 5.73 Å². The van der Waals surface area contributed by atoms with Crippen LogP contribution < -0.4 is 11.1 Å². The number of rotatable bonds is 5. The Hall–Kier alpha value is -0.930. The van der Waals surface area contributed by atoms with Gasteiger partial charge in [0.1, 0.15) is 0 Å². The van der Waals surface area contributed by atoms with E-state index in [1.807, 2.05) is 12.3 Å². The van der Waals surface area contributed by atoms with Crippen molar-refractivity contribution < 1.29 is 0 Å². The van der Waals surface area contributed by atoms with Crippen molar-refractivity contribution in [2.75, 3.05) is 13.1 Å². The summed E-state index contributed by atoms with van der Waals surface area (Å²) in [5, 5.41) is 3.38. The number of nitrogens with one attached hydrogen (secondary N) is 1. The average Bonchev–Trinajstić information content (AvgIpc) is 2.94. The molecule has 1 aromatic rings. The van der Waals surface area contributed by atoms with Crippen LogP contribution in [0.5, 0.6) is 0 Å². The van der Waals surface area contributed by atoms with Gasteiger partial charge in [-0.15, -0.1) is 0 Å². The molecule has 0 spiro atoms. The zero-order valence-electron chi connectivity index (χ0n) is 8.37. The molecule has 1 aliphatic rings. The number of hydrogen-bond acceptors (Lipinski definition) is 3. The minimum absolute atomic E-state index is 0.120. The Kier molecular flexibility index (Phi) is 2.79. The van der Waals surface area contributed by atoms with E-state index in [1.54, 1.807) is 6.20 Å². The molecule has 0 bridgehead atoms. The highest BCUT2D eigenvalue weighted by molar-refractivity contribution is 5.09. The topological polar surface area (TPSA) is 50.9 Å². The molecule has 1 saturated carbocycles. The largest absolute Gasteiger partial charge is 0.324 e. The van der Waals surface area contributed by atoms with E-state index in [-0.39, 0.29) is 5.54 Å². The molecule has 3 N–H and O–H groups in total. The van der Waals surface area contributed by atoms with E-state index in [0.29, 0.717) is 0 Å². The van der Waals surface area contributed by atoms with Crippen LogP contribution in [0.3, 0.4) is 0 Å². The molecule has 2 rings (SSSR count). The molecular weight excluding hydrogens is 174 g/mol. The van der Waals surface area contributed by atoms with Crippen molar-refractivity contribution in [3.63, 3.8) is 0 Å². The standard InChI is InChI=1S/C11H17N3/c12-11(4-5-11)9-14-7-3-10-2-1-6-13-8-10/h1-2,6,8,14H,3-5,7,9,12H2. The summed E-state index contributed by atoms with van der Waals surface area (Å²) in [6.45, 7) is 1.94. The summed E-state index contributed by atoms with van der Waals surface area (Å²) in [7, 11) is 0. The fraction of sp³-hybridized carbons (Fsp3) is 0.545. The van der Waals surface area contributed by atoms with E-state index >= 15 is 0 Å². The van der Waals surface area contributed by atoms with Crippen molar-refractivity contribution in [1.82, 2.24) is 10.3 Å². The molecule has 0 unspecified atom stereocenters. The van der Waals surface area contributed by atoms with Gasteiger partial charge in [-0.2, -0.15) is 0 Å². The Morgan fingerprint density at radius 2 is 2.36 bits per heavy atom. The summed E-state index contributed by atoms with van der Waals surface area (Å²) in [6.07, 6.45) is 7.09. The summed E-state index contributed by atoms with van der Waals surface area (Å²) in [4.78, 5) is 4.07. The highest BCUT2D eigenvalue weighted by Crippen LogP contribution is 2.30. The lowest BCUT2D eigenvalue weighted by Crippen LogP contribution is -2.36. The lowest BCUT2D eigenvalue weighted by molar-refractivity contribution is 0.570. The van der Waals surface area contributed by atoms with Gasteiger partial charge in [-0.1, -0.05) is 6.07 Å². The fourth-order valence-electron chi connectivity index (χ4n) is 1.45. The second kappa shape index (κ2) is 4.07. The number of nitrogens with zero attached hydrogens (tertiary/aromatic N) is 1. The number of hydrogen-bond donors (Lipinski definition) is 2. The van der Waals surface area contributed by atoms with Crippen LogP contribution in [0.2, 0.25) is 0 Å². The van der Waals surface area contributed by atoms with Gasteiger partial charge in [0.05, 0.1) is 0 Å². The fourth-order valence-corrected chi connectivity index (χ4v) is 1.45. The summed E-state index contributed by atoms with van der Waals surface area (Å²) >= 11 is 0. The van der Waals surface area contributed by atoms with Crippen LogP contribution in [0, 0.1) is 0 Å². The van der Waals surface area contributed by atoms with Gasteiger partial charge >= 0.3 is 0 Å². The maximum absolute atomic E-state index is 5.95. The monoisotopic (exact) mass is 191 g/mol. The van der Waals surface area contributed by atoms with Crippen LogP contribution in [0.25, 0.3) is 0 Å². The van der Waals surface area contributed by atoms with E-state index in [1.165, 1.54) is 18.4 Å². The van der Waals surface area contributed by atoms with Crippen molar-refractivity contribution in [3.8, 4) is 0 Å². The van der Waals surface area contributed by atoms with Gasteiger partial charge in [0, 0.05) is 24.5 Å². The molecule has 76 valence electrons. The van der Waals surface area contributed by atoms with Gasteiger partial charge in [0.15, 0.2) is 0 Å². The quantitative estimate of drug-likeness (QED) is 0.674. The molecular formula is C11H17N3. The van der Waals surface area contributed by atoms with Crippen molar-refractivity contribution in [1.29, 1.82) is 0 Å². The molecule has 1 fully saturated rings. The first-order chi connectivity index (χ1) is 6.79. The van der Waals surface area contributed by atoms with Gasteiger partial charge in [-0.25, -0.2) is 0 Å². The average molecular weight is 191 g/mol. The first-order valence-electron chi connectivity index (χ1n) is 5.17. The molecule has 0 aromatic carbocycles. The zero-order chi connectivity index (χ0) is 9.86. The molecule has 0 radical (unpaired) electrons. The third kappa shape index (κ3) is 2.79. The van der Waals surface area contributed by atoms with Crippen molar-refractivity contribution in [3.05, 3.63) is 30.1 Å². The van der Waals surface area contributed by atoms with Gasteiger partial charge < -0.3 is 11.1 Å². The minimum atomic E-state index is 0.120. The van der Waals surface area contributed by atoms with Crippen LogP contribution >= 0.6 is 0 Å². The van der Waals surface area contributed by atoms with Crippen molar-refractivity contribution >= 4 is 0 Å². The maximum Gasteiger partial charge on any atom is 0.0300 e. The molecule has 1 aliphatic carbocycles. The van der Waals surface area contributed by atoms with E-state index < -0.39 is 0 Å². The predicted octanol–water partition coefficient (Wildman–Crippen LogP) is 0.705. The molecule has 1 heterocycles. The molecule has 0 amide bonds. The Morgan fingerprint density at radius 3 is 3.00 bits per heavy atom. The Labute approximate surface area is 84.7 Å². The second-order valence-corrected chi connectivity index (χ2v) is 4.15. The Bertz CT molecular complexity index is 280. The van der Waals surface area contributed by atoms with Gasteiger partial charge in [-0.05, 0) is 37.4 Å². The smallest absolute Gasteiger partial charge is 0.0300 e. The van der Waals surface area contributed by atoms with Crippen LogP contribution in [0.1, 0.15) is 18.4 Å². The second-order valence-electron chi connectivity index (χ2n) is 4.15. The molecule has 0 saturated heterocycles. The molecule has 3 heteroatoms. The number of pyridine rings is 1. The Morgan fingerprint density at radius 1 is 1.50 bits per heavy atom. The van der Waals surface area contributed by atoms with Crippen LogP contribution in [0.4, 0.5) is 0 Å². The summed E-state index contributed by atoms with van der Waals surface area (Å²) in [6, 6.07) is 4.07. The van der Waals surface area contributed by atoms with Gasteiger partial charge in [0.2, 0.25) is 0 Å². The van der Waals surface area contributed by atoms with Crippen LogP contribution in [-0.4, -0.2) is 23.6 Å². The third-order valence-corrected chi connectivity index (χ3v) is 2.68. The normalized spacial score (nSPS) is 18.1. The lowest BCUT2D eigenvalue weighted by atomic mass is 10.2. The summed E-state index contributed by atoms with van der Waals surface area (Å²) in [5.41, 5.74) is 7.35. The SMILES string of the molecule is NC1(CNCCc2cccnc2)CC1. The van der Waals surface area contributed by atoms with Crippen LogP contribution in [0.15, 0.2) is 24.5 Å². The summed E-state index contributed by atoms with van der Waals surface area (Å²) < 4.78 is 0. The number of nitrogens with two attached hydrogens (primary N) is 1. The maximum atomic E-state index is 5.95. The zero-order valence-corrected chi connectivity index (χ0v) is 8.37. The summed E-state index contributed by atoms with van der Waals surface area (Å²) in [5.74, 6) is 0. The highest BCUT2D eigenvalue weighted by atomic mass is 15.0. The van der Waals surface area contributed by atoms with Crippen LogP contribution in [-0.2, 0) is 6.42 Å². The first-order valence-corrected chi connectivity index (χ1v) is 5.17. The predicted molar refractivity (Wildman–Crippen MR) is 57.0 cm³/mol. The van der Waals surface area contributed by atoms with E-state index in [9.17, 15) is 0 Å².